The lowest BCUT2D eigenvalue weighted by atomic mass is 10.1. The van der Waals surface area contributed by atoms with Crippen molar-refractivity contribution in [1.82, 2.24) is 5.32 Å². The van der Waals surface area contributed by atoms with Gasteiger partial charge in [0.05, 0.1) is 18.0 Å². The summed E-state index contributed by atoms with van der Waals surface area (Å²) in [5.74, 6) is 0.622. The highest BCUT2D eigenvalue weighted by atomic mass is 32.2. The molecule has 0 bridgehead atoms. The smallest absolute Gasteiger partial charge is 0.251 e. The fourth-order valence-corrected chi connectivity index (χ4v) is 3.91. The van der Waals surface area contributed by atoms with Gasteiger partial charge in [0.1, 0.15) is 12.4 Å². The minimum absolute atomic E-state index is 0.0312. The number of benzene rings is 2. The van der Waals surface area contributed by atoms with Gasteiger partial charge in [-0.25, -0.2) is 8.42 Å². The van der Waals surface area contributed by atoms with Gasteiger partial charge in [0.2, 0.25) is 10.0 Å². The maximum Gasteiger partial charge on any atom is 0.251 e. The number of amides is 1. The van der Waals surface area contributed by atoms with E-state index in [-0.39, 0.29) is 11.7 Å². The second-order valence-corrected chi connectivity index (χ2v) is 8.67. The Morgan fingerprint density at radius 3 is 2.36 bits per heavy atom. The zero-order chi connectivity index (χ0) is 20.7. The normalized spacial score (nSPS) is 11.1. The number of nitrogens with zero attached hydrogens (tertiary/aromatic N) is 1. The van der Waals surface area contributed by atoms with Gasteiger partial charge < -0.3 is 10.1 Å². The van der Waals surface area contributed by atoms with E-state index in [1.54, 1.807) is 38.1 Å². The van der Waals surface area contributed by atoms with E-state index in [0.29, 0.717) is 30.9 Å². The highest BCUT2D eigenvalue weighted by molar-refractivity contribution is 7.92. The number of hydrogen-bond acceptors (Lipinski definition) is 4. The number of sulfonamides is 1. The number of nitrogens with one attached hydrogen (secondary N) is 1. The monoisotopic (exact) mass is 404 g/mol. The average Bonchev–Trinajstić information content (AvgIpc) is 2.68. The van der Waals surface area contributed by atoms with E-state index in [0.717, 1.165) is 16.9 Å². The van der Waals surface area contributed by atoms with Gasteiger partial charge in [-0.2, -0.15) is 0 Å². The summed E-state index contributed by atoms with van der Waals surface area (Å²) in [6, 6.07) is 12.6. The van der Waals surface area contributed by atoms with E-state index in [4.69, 9.17) is 4.74 Å². The summed E-state index contributed by atoms with van der Waals surface area (Å²) in [6.07, 6.45) is 0. The molecule has 0 saturated heterocycles. The van der Waals surface area contributed by atoms with Gasteiger partial charge in [0, 0.05) is 12.1 Å². The standard InChI is InChI=1S/C21H28N2O4S/c1-5-23(28(25,26)6-2)19-11-9-18(10-12-19)21(24)22-13-14-27-20-15-16(3)7-8-17(20)4/h7-12,15H,5-6,13-14H2,1-4H3,(H,22,24). The molecule has 0 aliphatic heterocycles. The fraction of sp³-hybridized carbons (Fsp3) is 0.381. The molecule has 2 aromatic carbocycles. The number of carbonyl (C=O) groups excluding carboxylic acids is 1. The first kappa shape index (κ1) is 21.8. The molecule has 0 fully saturated rings. The first-order chi connectivity index (χ1) is 13.3. The molecular formula is C21H28N2O4S. The maximum atomic E-state index is 12.3. The summed E-state index contributed by atoms with van der Waals surface area (Å²) in [4.78, 5) is 12.3. The number of aryl methyl sites for hydroxylation is 2. The highest BCUT2D eigenvalue weighted by Crippen LogP contribution is 2.20. The molecule has 2 rings (SSSR count). The molecule has 2 aromatic rings. The van der Waals surface area contributed by atoms with Gasteiger partial charge in [-0.15, -0.1) is 0 Å². The van der Waals surface area contributed by atoms with Crippen molar-refractivity contribution in [2.24, 2.45) is 0 Å². The molecule has 7 heteroatoms. The lowest BCUT2D eigenvalue weighted by Crippen LogP contribution is -2.32. The second kappa shape index (κ2) is 9.59. The molecule has 0 aromatic heterocycles. The van der Waals surface area contributed by atoms with Crippen LogP contribution in [0.2, 0.25) is 0 Å². The molecule has 0 heterocycles. The molecule has 0 spiro atoms. The van der Waals surface area contributed by atoms with E-state index >= 15 is 0 Å². The third kappa shape index (κ3) is 5.48. The van der Waals surface area contributed by atoms with Crippen LogP contribution >= 0.6 is 0 Å². The largest absolute Gasteiger partial charge is 0.491 e. The van der Waals surface area contributed by atoms with Crippen LogP contribution in [0.3, 0.4) is 0 Å². The minimum Gasteiger partial charge on any atom is -0.491 e. The Bertz CT molecular complexity index is 909. The predicted octanol–water partition coefficient (Wildman–Crippen LogP) is 3.29. The lowest BCUT2D eigenvalue weighted by Gasteiger charge is -2.22. The summed E-state index contributed by atoms with van der Waals surface area (Å²) in [5, 5.41) is 2.81. The minimum atomic E-state index is -3.33. The van der Waals surface area contributed by atoms with Crippen molar-refractivity contribution in [1.29, 1.82) is 0 Å². The van der Waals surface area contributed by atoms with Crippen LogP contribution in [0, 0.1) is 13.8 Å². The molecule has 0 saturated carbocycles. The third-order valence-electron chi connectivity index (χ3n) is 4.39. The highest BCUT2D eigenvalue weighted by Gasteiger charge is 2.18. The Hall–Kier alpha value is -2.54. The maximum absolute atomic E-state index is 12.3. The summed E-state index contributed by atoms with van der Waals surface area (Å²) in [5.41, 5.74) is 3.20. The summed E-state index contributed by atoms with van der Waals surface area (Å²) in [7, 11) is -3.33. The van der Waals surface area contributed by atoms with Gasteiger partial charge in [-0.05, 0) is 69.2 Å². The molecule has 0 aliphatic rings. The zero-order valence-electron chi connectivity index (χ0n) is 16.9. The molecule has 0 radical (unpaired) electrons. The molecule has 0 atom stereocenters. The fourth-order valence-electron chi connectivity index (χ4n) is 2.77. The number of carbonyl (C=O) groups is 1. The molecule has 1 N–H and O–H groups in total. The van der Waals surface area contributed by atoms with Crippen molar-refractivity contribution in [2.75, 3.05) is 29.8 Å². The van der Waals surface area contributed by atoms with E-state index in [2.05, 4.69) is 5.32 Å². The van der Waals surface area contributed by atoms with Crippen LogP contribution in [0.25, 0.3) is 0 Å². The summed E-state index contributed by atoms with van der Waals surface area (Å²) in [6.45, 7) is 8.46. The molecule has 28 heavy (non-hydrogen) atoms. The van der Waals surface area contributed by atoms with Crippen molar-refractivity contribution in [3.8, 4) is 5.75 Å². The van der Waals surface area contributed by atoms with Crippen LogP contribution in [0.5, 0.6) is 5.75 Å². The number of hydrogen-bond donors (Lipinski definition) is 1. The van der Waals surface area contributed by atoms with Crippen molar-refractivity contribution >= 4 is 21.6 Å². The van der Waals surface area contributed by atoms with Gasteiger partial charge in [0.15, 0.2) is 0 Å². The van der Waals surface area contributed by atoms with Crippen LogP contribution in [0.1, 0.15) is 35.3 Å². The average molecular weight is 405 g/mol. The van der Waals surface area contributed by atoms with Gasteiger partial charge in [-0.1, -0.05) is 12.1 Å². The topological polar surface area (TPSA) is 75.7 Å². The second-order valence-electron chi connectivity index (χ2n) is 6.49. The van der Waals surface area contributed by atoms with E-state index in [1.165, 1.54) is 4.31 Å². The van der Waals surface area contributed by atoms with Gasteiger partial charge >= 0.3 is 0 Å². The van der Waals surface area contributed by atoms with Gasteiger partial charge in [-0.3, -0.25) is 9.10 Å². The first-order valence-corrected chi connectivity index (χ1v) is 11.0. The number of anilines is 1. The van der Waals surface area contributed by atoms with Crippen LogP contribution in [0.15, 0.2) is 42.5 Å². The Labute approximate surface area is 167 Å². The first-order valence-electron chi connectivity index (χ1n) is 9.37. The van der Waals surface area contributed by atoms with Crippen LogP contribution < -0.4 is 14.4 Å². The lowest BCUT2D eigenvalue weighted by molar-refractivity contribution is 0.0947. The Balaban J connectivity index is 1.91. The summed E-state index contributed by atoms with van der Waals surface area (Å²) < 4.78 is 31.3. The molecule has 0 aliphatic carbocycles. The van der Waals surface area contributed by atoms with E-state index in [9.17, 15) is 13.2 Å². The third-order valence-corrected chi connectivity index (χ3v) is 6.26. The van der Waals surface area contributed by atoms with Crippen molar-refractivity contribution < 1.29 is 17.9 Å². The van der Waals surface area contributed by atoms with E-state index in [1.807, 2.05) is 32.0 Å². The number of rotatable bonds is 9. The predicted molar refractivity (Wildman–Crippen MR) is 113 cm³/mol. The zero-order valence-corrected chi connectivity index (χ0v) is 17.7. The van der Waals surface area contributed by atoms with Crippen LogP contribution in [-0.4, -0.2) is 39.8 Å². The number of ether oxygens (including phenoxy) is 1. The quantitative estimate of drug-likeness (QED) is 0.651. The van der Waals surface area contributed by atoms with E-state index < -0.39 is 10.0 Å². The Morgan fingerprint density at radius 2 is 1.75 bits per heavy atom. The van der Waals surface area contributed by atoms with Crippen LogP contribution in [-0.2, 0) is 10.0 Å². The summed E-state index contributed by atoms with van der Waals surface area (Å²) >= 11 is 0. The van der Waals surface area contributed by atoms with Crippen molar-refractivity contribution in [2.45, 2.75) is 27.7 Å². The van der Waals surface area contributed by atoms with Crippen molar-refractivity contribution in [3.05, 3.63) is 59.2 Å². The Kier molecular flexibility index (Phi) is 7.45. The van der Waals surface area contributed by atoms with Crippen LogP contribution in [0.4, 0.5) is 5.69 Å². The SMILES string of the molecule is CCN(c1ccc(C(=O)NCCOc2cc(C)ccc2C)cc1)S(=O)(=O)CC. The molecule has 6 nitrogen and oxygen atoms in total. The van der Waals surface area contributed by atoms with Gasteiger partial charge in [0.25, 0.3) is 5.91 Å². The van der Waals surface area contributed by atoms with Crippen molar-refractivity contribution in [3.63, 3.8) is 0 Å². The molecule has 152 valence electrons. The molecular weight excluding hydrogens is 376 g/mol. The molecule has 1 amide bonds. The Morgan fingerprint density at radius 1 is 1.07 bits per heavy atom. The molecule has 0 unspecified atom stereocenters.